The van der Waals surface area contributed by atoms with E-state index in [0.717, 1.165) is 19.1 Å². The first-order valence-electron chi connectivity index (χ1n) is 11.6. The fraction of sp³-hybridized carbons (Fsp3) is 0.391. The number of nitrogens with zero attached hydrogens (tertiary/aromatic N) is 4. The number of hydrogen-bond donors (Lipinski definition) is 3. The van der Waals surface area contributed by atoms with Gasteiger partial charge in [-0.15, -0.1) is 0 Å². The summed E-state index contributed by atoms with van der Waals surface area (Å²) in [5, 5.41) is 10.7. The zero-order valence-electron chi connectivity index (χ0n) is 20.5. The van der Waals surface area contributed by atoms with E-state index >= 15 is 4.39 Å². The monoisotopic (exact) mass is 565 g/mol. The van der Waals surface area contributed by atoms with Gasteiger partial charge in [0.1, 0.15) is 5.69 Å². The summed E-state index contributed by atoms with van der Waals surface area (Å²) in [6, 6.07) is 4.19. The number of alkyl carbamates (subject to hydrolysis) is 1. The maximum absolute atomic E-state index is 15.6. The van der Waals surface area contributed by atoms with Gasteiger partial charge in [-0.3, -0.25) is 9.40 Å². The highest BCUT2D eigenvalue weighted by Crippen LogP contribution is 2.38. The minimum absolute atomic E-state index is 0.00461. The van der Waals surface area contributed by atoms with Crippen LogP contribution < -0.4 is 15.4 Å². The van der Waals surface area contributed by atoms with Crippen molar-refractivity contribution in [3.8, 4) is 22.5 Å². The zero-order chi connectivity index (χ0) is 27.1. The Kier molecular flexibility index (Phi) is 6.88. The summed E-state index contributed by atoms with van der Waals surface area (Å²) in [6.45, 7) is 1.29. The molecule has 15 heteroatoms. The largest absolute Gasteiger partial charge is 0.453 e. The molecule has 1 aliphatic carbocycles. The lowest BCUT2D eigenvalue weighted by molar-refractivity contribution is -0.0285. The number of rotatable bonds is 9. The van der Waals surface area contributed by atoms with Gasteiger partial charge in [-0.25, -0.2) is 27.6 Å². The Bertz CT molecular complexity index is 1490. The minimum Gasteiger partial charge on any atom is -0.453 e. The normalized spacial score (nSPS) is 16.4. The first-order valence-corrected chi connectivity index (χ1v) is 13.9. The van der Waals surface area contributed by atoms with Crippen molar-refractivity contribution in [1.29, 1.82) is 0 Å². The Hall–Kier alpha value is -3.49. The molecule has 3 aromatic rings. The Labute approximate surface area is 222 Å². The standard InChI is InChI=1S/C23H25ClFN7O5S/c1-36-22(33)29-23(4-5-23)12-27-21-26-6-3-17(28-21)16-9-32(14-10-37-11-14)30-20(16)15-7-13(24)8-18(19(15)25)31-38(2,34)35/h3,6-9,14,31H,4-5,10-12H2,1-2H3,(H,29,33)(H,26,27,28). The van der Waals surface area contributed by atoms with Crippen LogP contribution in [0.1, 0.15) is 18.9 Å². The number of anilines is 2. The molecule has 0 spiro atoms. The van der Waals surface area contributed by atoms with Crippen LogP contribution in [0.25, 0.3) is 22.5 Å². The van der Waals surface area contributed by atoms with Gasteiger partial charge < -0.3 is 20.1 Å². The van der Waals surface area contributed by atoms with Gasteiger partial charge in [0.05, 0.1) is 49.5 Å². The second kappa shape index (κ2) is 10.0. The summed E-state index contributed by atoms with van der Waals surface area (Å²) in [6.07, 6.45) is 5.27. The number of aromatic nitrogens is 4. The quantitative estimate of drug-likeness (QED) is 0.356. The maximum Gasteiger partial charge on any atom is 0.407 e. The van der Waals surface area contributed by atoms with E-state index in [2.05, 4.69) is 30.4 Å². The molecule has 1 saturated carbocycles. The van der Waals surface area contributed by atoms with E-state index < -0.39 is 27.5 Å². The number of halogens is 2. The predicted octanol–water partition coefficient (Wildman–Crippen LogP) is 3.04. The maximum atomic E-state index is 15.6. The summed E-state index contributed by atoms with van der Waals surface area (Å²) in [5.41, 5.74) is 0.448. The van der Waals surface area contributed by atoms with Gasteiger partial charge in [0.25, 0.3) is 0 Å². The van der Waals surface area contributed by atoms with E-state index in [1.54, 1.807) is 23.1 Å². The van der Waals surface area contributed by atoms with E-state index in [4.69, 9.17) is 21.1 Å². The molecule has 1 aliphatic heterocycles. The molecule has 0 atom stereocenters. The second-order valence-corrected chi connectivity index (χ2v) is 11.5. The molecular weight excluding hydrogens is 541 g/mol. The topological polar surface area (TPSA) is 149 Å². The number of benzene rings is 1. The summed E-state index contributed by atoms with van der Waals surface area (Å²) in [7, 11) is -2.46. The van der Waals surface area contributed by atoms with Crippen LogP contribution in [-0.2, 0) is 19.5 Å². The van der Waals surface area contributed by atoms with Crippen LogP contribution in [-0.4, -0.2) is 72.9 Å². The van der Waals surface area contributed by atoms with E-state index in [1.807, 2.05) is 0 Å². The smallest absolute Gasteiger partial charge is 0.407 e. The average molecular weight is 566 g/mol. The van der Waals surface area contributed by atoms with Gasteiger partial charge >= 0.3 is 6.09 Å². The molecule has 2 aromatic heterocycles. The molecule has 2 aliphatic rings. The van der Waals surface area contributed by atoms with E-state index in [9.17, 15) is 13.2 Å². The fourth-order valence-corrected chi connectivity index (χ4v) is 4.75. The Morgan fingerprint density at radius 3 is 2.71 bits per heavy atom. The van der Waals surface area contributed by atoms with Crippen LogP contribution in [0.2, 0.25) is 5.02 Å². The number of hydrogen-bond acceptors (Lipinski definition) is 9. The van der Waals surface area contributed by atoms with Crippen molar-refractivity contribution in [3.05, 3.63) is 41.4 Å². The third kappa shape index (κ3) is 5.66. The SMILES string of the molecule is COC(=O)NC1(CNc2nccc(-c3cn(C4COC4)nc3-c3cc(Cl)cc(NS(C)(=O)=O)c3F)n2)CC1. The van der Waals surface area contributed by atoms with Crippen LogP contribution in [0.15, 0.2) is 30.6 Å². The highest BCUT2D eigenvalue weighted by atomic mass is 35.5. The molecule has 1 saturated heterocycles. The molecular formula is C23H25ClFN7O5S. The molecule has 1 aromatic carbocycles. The fourth-order valence-electron chi connectivity index (χ4n) is 3.98. The van der Waals surface area contributed by atoms with Crippen LogP contribution >= 0.6 is 11.6 Å². The van der Waals surface area contributed by atoms with Gasteiger partial charge in [-0.1, -0.05) is 11.6 Å². The molecule has 3 N–H and O–H groups in total. The second-order valence-electron chi connectivity index (χ2n) is 9.27. The Balaban J connectivity index is 1.50. The summed E-state index contributed by atoms with van der Waals surface area (Å²) in [5.74, 6) is -0.523. The van der Waals surface area contributed by atoms with Crippen molar-refractivity contribution in [3.63, 3.8) is 0 Å². The third-order valence-corrected chi connectivity index (χ3v) is 7.05. The summed E-state index contributed by atoms with van der Waals surface area (Å²) < 4.78 is 53.0. The molecule has 0 bridgehead atoms. The Morgan fingerprint density at radius 1 is 1.32 bits per heavy atom. The summed E-state index contributed by atoms with van der Waals surface area (Å²) >= 11 is 6.24. The van der Waals surface area contributed by atoms with Gasteiger partial charge in [-0.05, 0) is 31.0 Å². The first-order chi connectivity index (χ1) is 18.1. The van der Waals surface area contributed by atoms with Crippen LogP contribution in [0, 0.1) is 5.82 Å². The first kappa shape index (κ1) is 26.1. The number of carbonyl (C=O) groups excluding carboxylic acids is 1. The van der Waals surface area contributed by atoms with Crippen molar-refractivity contribution < 1.29 is 27.1 Å². The Morgan fingerprint density at radius 2 is 2.08 bits per heavy atom. The van der Waals surface area contributed by atoms with Crippen molar-refractivity contribution in [2.75, 3.05) is 43.2 Å². The van der Waals surface area contributed by atoms with E-state index in [0.29, 0.717) is 37.0 Å². The lowest BCUT2D eigenvalue weighted by atomic mass is 10.0. The van der Waals surface area contributed by atoms with Crippen molar-refractivity contribution in [2.45, 2.75) is 24.4 Å². The molecule has 202 valence electrons. The van der Waals surface area contributed by atoms with E-state index in [1.165, 1.54) is 19.2 Å². The van der Waals surface area contributed by atoms with Crippen LogP contribution in [0.5, 0.6) is 0 Å². The summed E-state index contributed by atoms with van der Waals surface area (Å²) in [4.78, 5) is 20.5. The number of nitrogens with one attached hydrogen (secondary N) is 3. The average Bonchev–Trinajstić information content (AvgIpc) is 3.46. The zero-order valence-corrected chi connectivity index (χ0v) is 22.1. The van der Waals surface area contributed by atoms with Crippen molar-refractivity contribution >= 4 is 39.4 Å². The molecule has 1 amide bonds. The molecule has 0 radical (unpaired) electrons. The molecule has 2 fully saturated rings. The number of methoxy groups -OCH3 is 1. The third-order valence-electron chi connectivity index (χ3n) is 6.24. The lowest BCUT2D eigenvalue weighted by Crippen LogP contribution is -2.42. The lowest BCUT2D eigenvalue weighted by Gasteiger charge is -2.26. The van der Waals surface area contributed by atoms with Gasteiger partial charge in [-0.2, -0.15) is 5.10 Å². The molecule has 38 heavy (non-hydrogen) atoms. The minimum atomic E-state index is -3.76. The molecule has 0 unspecified atom stereocenters. The van der Waals surface area contributed by atoms with Gasteiger partial charge in [0.15, 0.2) is 5.82 Å². The molecule has 12 nitrogen and oxygen atoms in total. The molecule has 3 heterocycles. The van der Waals surface area contributed by atoms with Gasteiger partial charge in [0, 0.05) is 35.1 Å². The van der Waals surface area contributed by atoms with Crippen LogP contribution in [0.4, 0.5) is 20.8 Å². The number of ether oxygens (including phenoxy) is 2. The molecule has 5 rings (SSSR count). The highest BCUT2D eigenvalue weighted by Gasteiger charge is 2.44. The van der Waals surface area contributed by atoms with E-state index in [-0.39, 0.29) is 28.0 Å². The number of carbonyl (C=O) groups is 1. The predicted molar refractivity (Wildman–Crippen MR) is 138 cm³/mol. The number of sulfonamides is 1. The highest BCUT2D eigenvalue weighted by molar-refractivity contribution is 7.92. The number of amides is 1. The van der Waals surface area contributed by atoms with Crippen molar-refractivity contribution in [2.24, 2.45) is 0 Å². The van der Waals surface area contributed by atoms with Crippen LogP contribution in [0.3, 0.4) is 0 Å². The van der Waals surface area contributed by atoms with Crippen molar-refractivity contribution in [1.82, 2.24) is 25.1 Å². The van der Waals surface area contributed by atoms with Gasteiger partial charge in [0.2, 0.25) is 16.0 Å².